The average molecular weight is 519 g/mol. The van der Waals surface area contributed by atoms with Crippen LogP contribution >= 0.6 is 27.7 Å². The van der Waals surface area contributed by atoms with Crippen LogP contribution in [0.25, 0.3) is 11.5 Å². The summed E-state index contributed by atoms with van der Waals surface area (Å²) in [5.41, 5.74) is 12.3. The maximum absolute atomic E-state index is 7.58. The van der Waals surface area contributed by atoms with Gasteiger partial charge < -0.3 is 30.4 Å². The van der Waals surface area contributed by atoms with Crippen LogP contribution in [0.5, 0.6) is 11.5 Å². The van der Waals surface area contributed by atoms with Crippen molar-refractivity contribution in [1.82, 2.24) is 24.4 Å². The SMILES string of the molecule is N=C(N)N1CCC(CCn2cnc(N)c3nc(Sc4cc5c(cc4Br)OCO5)nc2-3)CC1. The van der Waals surface area contributed by atoms with Crippen LogP contribution in [0.4, 0.5) is 5.82 Å². The van der Waals surface area contributed by atoms with Gasteiger partial charge in [-0.25, -0.2) is 15.0 Å². The lowest BCUT2D eigenvalue weighted by atomic mass is 9.93. The highest BCUT2D eigenvalue weighted by atomic mass is 79.9. The molecule has 1 fully saturated rings. The molecule has 0 radical (unpaired) electrons. The Morgan fingerprint density at radius 2 is 1.97 bits per heavy atom. The quantitative estimate of drug-likeness (QED) is 0.343. The van der Waals surface area contributed by atoms with Crippen molar-refractivity contribution in [3.05, 3.63) is 22.9 Å². The summed E-state index contributed by atoms with van der Waals surface area (Å²) in [6.07, 6.45) is 4.79. The number of imidazole rings is 1. The van der Waals surface area contributed by atoms with Gasteiger partial charge in [0.15, 0.2) is 40.0 Å². The molecule has 0 unspecified atom stereocenters. The van der Waals surface area contributed by atoms with Gasteiger partial charge in [0.25, 0.3) is 0 Å². The van der Waals surface area contributed by atoms with Crippen molar-refractivity contribution in [1.29, 1.82) is 5.41 Å². The summed E-state index contributed by atoms with van der Waals surface area (Å²) < 4.78 is 13.8. The van der Waals surface area contributed by atoms with Gasteiger partial charge in [-0.2, -0.15) is 0 Å². The number of ether oxygens (including phenoxy) is 2. The number of piperidine rings is 1. The molecule has 12 heteroatoms. The minimum absolute atomic E-state index is 0.161. The molecule has 1 saturated heterocycles. The topological polar surface area (TPSA) is 141 Å². The average Bonchev–Trinajstić information content (AvgIpc) is 3.41. The summed E-state index contributed by atoms with van der Waals surface area (Å²) >= 11 is 5.02. The molecule has 4 aliphatic rings. The van der Waals surface area contributed by atoms with E-state index in [1.807, 2.05) is 21.6 Å². The normalized spacial score (nSPS) is 16.1. The number of halogens is 1. The van der Waals surface area contributed by atoms with Crippen molar-refractivity contribution in [2.75, 3.05) is 25.6 Å². The number of anilines is 1. The lowest BCUT2D eigenvalue weighted by molar-refractivity contribution is 0.174. The van der Waals surface area contributed by atoms with Gasteiger partial charge in [-0.15, -0.1) is 0 Å². The van der Waals surface area contributed by atoms with Crippen molar-refractivity contribution < 1.29 is 9.47 Å². The van der Waals surface area contributed by atoms with E-state index in [0.717, 1.165) is 59.8 Å². The highest BCUT2D eigenvalue weighted by Gasteiger charge is 2.24. The van der Waals surface area contributed by atoms with Crippen molar-refractivity contribution in [2.24, 2.45) is 11.7 Å². The smallest absolute Gasteiger partial charge is 0.231 e. The molecule has 1 aromatic carbocycles. The molecule has 5 rings (SSSR count). The zero-order chi connectivity index (χ0) is 22.2. The summed E-state index contributed by atoms with van der Waals surface area (Å²) in [7, 11) is 0. The Hall–Kier alpha value is -2.73. The number of nitrogens with one attached hydrogen (secondary N) is 1. The maximum atomic E-state index is 7.58. The zero-order valence-corrected chi connectivity index (χ0v) is 19.7. The van der Waals surface area contributed by atoms with Crippen LogP contribution in [0, 0.1) is 11.3 Å². The monoisotopic (exact) mass is 518 g/mol. The number of nitrogens with two attached hydrogens (primary N) is 2. The Kier molecular flexibility index (Phi) is 5.72. The maximum Gasteiger partial charge on any atom is 0.231 e. The minimum Gasteiger partial charge on any atom is -0.454 e. The second-order valence-corrected chi connectivity index (χ2v) is 9.71. The molecule has 168 valence electrons. The molecule has 5 N–H and O–H groups in total. The molecule has 0 saturated carbocycles. The number of rotatable bonds is 5. The van der Waals surface area contributed by atoms with Crippen LogP contribution in [0.15, 0.2) is 33.0 Å². The molecule has 0 spiro atoms. The second kappa shape index (κ2) is 8.66. The van der Waals surface area contributed by atoms with Crippen LogP contribution in [-0.4, -0.2) is 50.3 Å². The van der Waals surface area contributed by atoms with Gasteiger partial charge in [-0.1, -0.05) is 0 Å². The minimum atomic E-state index is 0.161. The Morgan fingerprint density at radius 1 is 1.22 bits per heavy atom. The molecule has 0 aromatic heterocycles. The highest BCUT2D eigenvalue weighted by molar-refractivity contribution is 9.10. The Labute approximate surface area is 197 Å². The summed E-state index contributed by atoms with van der Waals surface area (Å²) in [5.74, 6) is 3.27. The van der Waals surface area contributed by atoms with Crippen molar-refractivity contribution in [3.63, 3.8) is 0 Å². The van der Waals surface area contributed by atoms with E-state index in [1.54, 1.807) is 6.33 Å². The molecular formula is C20H23BrN8O2S. The molecule has 10 nitrogen and oxygen atoms in total. The number of hydrogen-bond donors (Lipinski definition) is 3. The predicted molar refractivity (Wildman–Crippen MR) is 124 cm³/mol. The van der Waals surface area contributed by atoms with Gasteiger partial charge in [0.05, 0.1) is 6.33 Å². The van der Waals surface area contributed by atoms with E-state index in [-0.39, 0.29) is 12.8 Å². The van der Waals surface area contributed by atoms with E-state index < -0.39 is 0 Å². The molecule has 0 atom stereocenters. The van der Waals surface area contributed by atoms with Crippen molar-refractivity contribution >= 4 is 39.5 Å². The highest BCUT2D eigenvalue weighted by Crippen LogP contribution is 2.43. The van der Waals surface area contributed by atoms with Gasteiger partial charge in [0, 0.05) is 29.0 Å². The first-order valence-electron chi connectivity index (χ1n) is 10.3. The van der Waals surface area contributed by atoms with E-state index >= 15 is 0 Å². The number of nitrogen functional groups attached to an aromatic ring is 1. The second-order valence-electron chi connectivity index (χ2n) is 7.84. The third-order valence-corrected chi connectivity index (χ3v) is 7.67. The molecule has 4 heterocycles. The predicted octanol–water partition coefficient (Wildman–Crippen LogP) is 3.00. The number of guanidine groups is 1. The Bertz CT molecular complexity index is 1130. The van der Waals surface area contributed by atoms with Gasteiger partial charge >= 0.3 is 0 Å². The molecule has 0 amide bonds. The number of hydrogen-bond acceptors (Lipinski definition) is 8. The van der Waals surface area contributed by atoms with Crippen molar-refractivity contribution in [2.45, 2.75) is 35.9 Å². The summed E-state index contributed by atoms with van der Waals surface area (Å²) in [6.45, 7) is 2.68. The van der Waals surface area contributed by atoms with Crippen molar-refractivity contribution in [3.8, 4) is 23.0 Å². The molecule has 0 bridgehead atoms. The summed E-state index contributed by atoms with van der Waals surface area (Å²) in [5, 5.41) is 8.18. The van der Waals surface area contributed by atoms with Crippen LogP contribution in [0.3, 0.4) is 0 Å². The number of likely N-dealkylation sites (tertiary alicyclic amines) is 1. The lowest BCUT2D eigenvalue weighted by Gasteiger charge is -2.32. The molecule has 4 aliphatic heterocycles. The van der Waals surface area contributed by atoms with E-state index in [4.69, 9.17) is 31.3 Å². The van der Waals surface area contributed by atoms with Crippen LogP contribution in [0.2, 0.25) is 0 Å². The number of fused-ring (bicyclic) bond motifs is 2. The van der Waals surface area contributed by atoms with E-state index in [1.165, 1.54) is 11.8 Å². The van der Waals surface area contributed by atoms with Crippen LogP contribution < -0.4 is 20.9 Å². The van der Waals surface area contributed by atoms with Gasteiger partial charge in [-0.05, 0) is 65.0 Å². The summed E-state index contributed by atoms with van der Waals surface area (Å²) in [6, 6.07) is 3.81. The molecule has 32 heavy (non-hydrogen) atoms. The lowest BCUT2D eigenvalue weighted by Crippen LogP contribution is -2.42. The van der Waals surface area contributed by atoms with Gasteiger partial charge in [-0.3, -0.25) is 5.41 Å². The fourth-order valence-electron chi connectivity index (χ4n) is 4.00. The fourth-order valence-corrected chi connectivity index (χ4v) is 5.36. The van der Waals surface area contributed by atoms with E-state index in [0.29, 0.717) is 28.3 Å². The number of aromatic nitrogens is 4. The largest absolute Gasteiger partial charge is 0.454 e. The zero-order valence-electron chi connectivity index (χ0n) is 17.3. The van der Waals surface area contributed by atoms with E-state index in [9.17, 15) is 0 Å². The first-order chi connectivity index (χ1) is 15.5. The van der Waals surface area contributed by atoms with Gasteiger partial charge in [0.1, 0.15) is 0 Å². The third kappa shape index (κ3) is 4.16. The van der Waals surface area contributed by atoms with Gasteiger partial charge in [0.2, 0.25) is 6.79 Å². The Morgan fingerprint density at radius 3 is 2.72 bits per heavy atom. The Balaban J connectivity index is 1.32. The third-order valence-electron chi connectivity index (χ3n) is 5.83. The van der Waals surface area contributed by atoms with Crippen LogP contribution in [0.1, 0.15) is 19.3 Å². The van der Waals surface area contributed by atoms with Crippen LogP contribution in [-0.2, 0) is 6.54 Å². The number of aryl methyl sites for hydroxylation is 1. The molecule has 0 aliphatic carbocycles. The first-order valence-corrected chi connectivity index (χ1v) is 11.9. The first kappa shape index (κ1) is 21.1. The fraction of sp³-hybridized carbons (Fsp3) is 0.400. The number of nitrogens with zero attached hydrogens (tertiary/aromatic N) is 5. The number of benzene rings is 1. The molecular weight excluding hydrogens is 496 g/mol. The van der Waals surface area contributed by atoms with E-state index in [2.05, 4.69) is 25.9 Å². The standard InChI is InChI=1S/C20H23BrN8O2S/c21-12-7-13-14(31-10-30-13)8-15(12)32-20-26-16-17(22)25-9-29(18(16)27-20)6-3-11-1-4-28(5-2-11)19(23)24/h7-9,11H,1-6,10,22H2,(H3,23,24). The molecule has 1 aromatic rings. The summed E-state index contributed by atoms with van der Waals surface area (Å²) in [4.78, 5) is 16.6.